The third-order valence-corrected chi connectivity index (χ3v) is 3.94. The molecule has 18 heavy (non-hydrogen) atoms. The van der Waals surface area contributed by atoms with Gasteiger partial charge in [0.2, 0.25) is 10.0 Å². The molecule has 102 valence electrons. The van der Waals surface area contributed by atoms with Gasteiger partial charge in [-0.25, -0.2) is 13.1 Å². The molecule has 0 radical (unpaired) electrons. The van der Waals surface area contributed by atoms with Crippen molar-refractivity contribution in [3.05, 3.63) is 24.3 Å². The Hall–Kier alpha value is -1.11. The van der Waals surface area contributed by atoms with Gasteiger partial charge in [-0.3, -0.25) is 0 Å². The van der Waals surface area contributed by atoms with Gasteiger partial charge in [-0.15, -0.1) is 0 Å². The van der Waals surface area contributed by atoms with E-state index < -0.39 is 10.0 Å². The van der Waals surface area contributed by atoms with Crippen molar-refractivity contribution in [2.45, 2.75) is 24.2 Å². The summed E-state index contributed by atoms with van der Waals surface area (Å²) >= 11 is 0. The van der Waals surface area contributed by atoms with Crippen molar-refractivity contribution in [2.75, 3.05) is 26.0 Å². The van der Waals surface area contributed by atoms with E-state index in [0.29, 0.717) is 18.8 Å². The lowest BCUT2D eigenvalue weighted by Gasteiger charge is -2.07. The second-order valence-corrected chi connectivity index (χ2v) is 5.79. The maximum Gasteiger partial charge on any atom is 0.240 e. The minimum Gasteiger partial charge on any atom is -0.399 e. The van der Waals surface area contributed by atoms with Crippen LogP contribution in [0.2, 0.25) is 0 Å². The fraction of sp³-hybridized carbons (Fsp3) is 0.500. The number of nitrogen functional groups attached to an aromatic ring is 1. The van der Waals surface area contributed by atoms with Gasteiger partial charge in [-0.2, -0.15) is 0 Å². The topological polar surface area (TPSA) is 81.4 Å². The van der Waals surface area contributed by atoms with Gasteiger partial charge in [-0.1, -0.05) is 6.07 Å². The first-order chi connectivity index (χ1) is 8.56. The number of unbranched alkanes of at least 4 members (excludes halogenated alkanes) is 2. The van der Waals surface area contributed by atoms with Crippen molar-refractivity contribution in [2.24, 2.45) is 0 Å². The normalized spacial score (nSPS) is 11.6. The Morgan fingerprint density at radius 2 is 2.06 bits per heavy atom. The van der Waals surface area contributed by atoms with Gasteiger partial charge in [0.25, 0.3) is 0 Å². The molecule has 0 amide bonds. The fourth-order valence-electron chi connectivity index (χ4n) is 1.52. The highest BCUT2D eigenvalue weighted by molar-refractivity contribution is 7.89. The van der Waals surface area contributed by atoms with Crippen LogP contribution in [0.4, 0.5) is 5.69 Å². The number of nitrogens with two attached hydrogens (primary N) is 1. The summed E-state index contributed by atoms with van der Waals surface area (Å²) in [6.45, 7) is 1.14. The molecule has 3 N–H and O–H groups in total. The van der Waals surface area contributed by atoms with Crippen LogP contribution in [-0.2, 0) is 14.8 Å². The van der Waals surface area contributed by atoms with E-state index in [9.17, 15) is 8.42 Å². The molecule has 5 nitrogen and oxygen atoms in total. The van der Waals surface area contributed by atoms with Crippen LogP contribution in [0.25, 0.3) is 0 Å². The number of rotatable bonds is 8. The Kier molecular flexibility index (Phi) is 6.11. The molecule has 0 unspecified atom stereocenters. The smallest absolute Gasteiger partial charge is 0.240 e. The van der Waals surface area contributed by atoms with Gasteiger partial charge in [0.05, 0.1) is 4.90 Å². The molecule has 0 spiro atoms. The van der Waals surface area contributed by atoms with Crippen LogP contribution >= 0.6 is 0 Å². The molecule has 0 heterocycles. The first-order valence-electron chi connectivity index (χ1n) is 5.90. The van der Waals surface area contributed by atoms with Crippen LogP contribution in [0.1, 0.15) is 19.3 Å². The van der Waals surface area contributed by atoms with E-state index >= 15 is 0 Å². The van der Waals surface area contributed by atoms with E-state index in [0.717, 1.165) is 19.3 Å². The summed E-state index contributed by atoms with van der Waals surface area (Å²) in [4.78, 5) is 0.208. The summed E-state index contributed by atoms with van der Waals surface area (Å²) in [7, 11) is -1.78. The highest BCUT2D eigenvalue weighted by Crippen LogP contribution is 2.12. The first-order valence-corrected chi connectivity index (χ1v) is 7.39. The molecular formula is C12H20N2O3S. The minimum absolute atomic E-state index is 0.208. The number of nitrogens with one attached hydrogen (secondary N) is 1. The number of sulfonamides is 1. The van der Waals surface area contributed by atoms with E-state index in [1.54, 1.807) is 19.2 Å². The second-order valence-electron chi connectivity index (χ2n) is 4.02. The van der Waals surface area contributed by atoms with Gasteiger partial charge >= 0.3 is 0 Å². The molecule has 0 aliphatic carbocycles. The van der Waals surface area contributed by atoms with Crippen molar-refractivity contribution < 1.29 is 13.2 Å². The molecule has 0 saturated heterocycles. The van der Waals surface area contributed by atoms with Crippen molar-refractivity contribution in [1.29, 1.82) is 0 Å². The monoisotopic (exact) mass is 272 g/mol. The summed E-state index contributed by atoms with van der Waals surface area (Å²) in [5.41, 5.74) is 6.00. The Morgan fingerprint density at radius 1 is 1.28 bits per heavy atom. The molecule has 0 aromatic heterocycles. The van der Waals surface area contributed by atoms with E-state index in [4.69, 9.17) is 10.5 Å². The van der Waals surface area contributed by atoms with Crippen LogP contribution in [0.15, 0.2) is 29.2 Å². The molecule has 1 aromatic rings. The number of methoxy groups -OCH3 is 1. The summed E-state index contributed by atoms with van der Waals surface area (Å²) < 4.78 is 31.2. The van der Waals surface area contributed by atoms with E-state index in [2.05, 4.69) is 4.72 Å². The zero-order chi connectivity index (χ0) is 13.4. The maximum absolute atomic E-state index is 11.9. The van der Waals surface area contributed by atoms with E-state index in [1.807, 2.05) is 0 Å². The summed E-state index contributed by atoms with van der Waals surface area (Å²) in [6, 6.07) is 6.27. The number of benzene rings is 1. The van der Waals surface area contributed by atoms with Crippen LogP contribution in [0, 0.1) is 0 Å². The molecule has 6 heteroatoms. The van der Waals surface area contributed by atoms with Gasteiger partial charge in [-0.05, 0) is 37.5 Å². The van der Waals surface area contributed by atoms with Crippen molar-refractivity contribution in [3.63, 3.8) is 0 Å². The molecule has 0 bridgehead atoms. The van der Waals surface area contributed by atoms with Crippen molar-refractivity contribution in [1.82, 2.24) is 4.72 Å². The number of hydrogen-bond donors (Lipinski definition) is 2. The van der Waals surface area contributed by atoms with Crippen LogP contribution in [-0.4, -0.2) is 28.7 Å². The second kappa shape index (κ2) is 7.35. The number of ether oxygens (including phenoxy) is 1. The highest BCUT2D eigenvalue weighted by atomic mass is 32.2. The van der Waals surface area contributed by atoms with Crippen molar-refractivity contribution in [3.8, 4) is 0 Å². The Labute approximate surface area is 108 Å². The molecular weight excluding hydrogens is 252 g/mol. The average molecular weight is 272 g/mol. The van der Waals surface area contributed by atoms with Crippen molar-refractivity contribution >= 4 is 15.7 Å². The minimum atomic E-state index is -3.44. The zero-order valence-corrected chi connectivity index (χ0v) is 11.4. The summed E-state index contributed by atoms with van der Waals surface area (Å²) in [6.07, 6.45) is 2.68. The van der Waals surface area contributed by atoms with Crippen LogP contribution in [0.3, 0.4) is 0 Å². The Morgan fingerprint density at radius 3 is 2.72 bits per heavy atom. The summed E-state index contributed by atoms with van der Waals surface area (Å²) in [5.74, 6) is 0. The van der Waals surface area contributed by atoms with E-state index in [1.165, 1.54) is 12.1 Å². The molecule has 0 aliphatic heterocycles. The SMILES string of the molecule is COCCCCCNS(=O)(=O)c1cccc(N)c1. The van der Waals surface area contributed by atoms with Gasteiger partial charge < -0.3 is 10.5 Å². The lowest BCUT2D eigenvalue weighted by Crippen LogP contribution is -2.24. The number of anilines is 1. The average Bonchev–Trinajstić information content (AvgIpc) is 2.33. The lowest BCUT2D eigenvalue weighted by molar-refractivity contribution is 0.192. The van der Waals surface area contributed by atoms with Gasteiger partial charge in [0, 0.05) is 25.9 Å². The third-order valence-electron chi connectivity index (χ3n) is 2.49. The predicted octanol–water partition coefficient (Wildman–Crippen LogP) is 1.36. The summed E-state index contributed by atoms with van der Waals surface area (Å²) in [5, 5.41) is 0. The zero-order valence-electron chi connectivity index (χ0n) is 10.6. The molecule has 0 fully saturated rings. The molecule has 1 aromatic carbocycles. The quantitative estimate of drug-likeness (QED) is 0.553. The van der Waals surface area contributed by atoms with Crippen LogP contribution in [0.5, 0.6) is 0 Å². The first kappa shape index (κ1) is 14.9. The largest absolute Gasteiger partial charge is 0.399 e. The molecule has 0 atom stereocenters. The van der Waals surface area contributed by atoms with Gasteiger partial charge in [0.15, 0.2) is 0 Å². The molecule has 1 rings (SSSR count). The third kappa shape index (κ3) is 5.03. The number of hydrogen-bond acceptors (Lipinski definition) is 4. The van der Waals surface area contributed by atoms with Crippen LogP contribution < -0.4 is 10.5 Å². The Bertz CT molecular complexity index is 460. The molecule has 0 saturated carbocycles. The maximum atomic E-state index is 11.9. The van der Waals surface area contributed by atoms with Gasteiger partial charge in [0.1, 0.15) is 0 Å². The highest BCUT2D eigenvalue weighted by Gasteiger charge is 2.12. The standard InChI is InChI=1S/C12H20N2O3S/c1-17-9-4-2-3-8-14-18(15,16)12-7-5-6-11(13)10-12/h5-7,10,14H,2-4,8-9,13H2,1H3. The fourth-order valence-corrected chi connectivity index (χ4v) is 2.65. The van der Waals surface area contributed by atoms with E-state index in [-0.39, 0.29) is 4.90 Å². The Balaban J connectivity index is 2.41. The predicted molar refractivity (Wildman–Crippen MR) is 71.8 cm³/mol. The molecule has 0 aliphatic rings. The lowest BCUT2D eigenvalue weighted by atomic mass is 10.2.